The first-order valence-corrected chi connectivity index (χ1v) is 20.7. The fraction of sp³-hybridized carbons (Fsp3) is 0.0877. The monoisotopic (exact) mass is 756 g/mol. The minimum atomic E-state index is -0.504. The van der Waals surface area contributed by atoms with E-state index in [0.29, 0.717) is 0 Å². The third-order valence-corrected chi connectivity index (χ3v) is 12.6. The predicted molar refractivity (Wildman–Crippen MR) is 249 cm³/mol. The second kappa shape index (κ2) is 13.5. The van der Waals surface area contributed by atoms with Crippen molar-refractivity contribution in [2.24, 2.45) is 0 Å². The van der Waals surface area contributed by atoms with Crippen molar-refractivity contribution in [1.82, 2.24) is 0 Å². The molecule has 0 aromatic heterocycles. The zero-order valence-corrected chi connectivity index (χ0v) is 33.9. The van der Waals surface area contributed by atoms with Crippen molar-refractivity contribution in [3.8, 4) is 22.3 Å². The van der Waals surface area contributed by atoms with Gasteiger partial charge in [-0.3, -0.25) is 0 Å². The summed E-state index contributed by atoms with van der Waals surface area (Å²) in [7, 11) is 0. The first-order valence-electron chi connectivity index (χ1n) is 20.7. The van der Waals surface area contributed by atoms with Crippen molar-refractivity contribution < 1.29 is 0 Å². The molecule has 59 heavy (non-hydrogen) atoms. The van der Waals surface area contributed by atoms with Gasteiger partial charge < -0.3 is 9.80 Å². The first kappa shape index (κ1) is 35.0. The number of hydrogen-bond donors (Lipinski definition) is 0. The Morgan fingerprint density at radius 3 is 1.17 bits per heavy atom. The lowest BCUT2D eigenvalue weighted by molar-refractivity contribution is 0.795. The molecule has 0 bridgehead atoms. The number of fused-ring (bicyclic) bond motifs is 11. The van der Waals surface area contributed by atoms with Gasteiger partial charge in [0.05, 0.1) is 5.41 Å². The summed E-state index contributed by atoms with van der Waals surface area (Å²) in [4.78, 5) is 4.83. The molecule has 0 aliphatic heterocycles. The van der Waals surface area contributed by atoms with Gasteiger partial charge in [0.2, 0.25) is 0 Å². The van der Waals surface area contributed by atoms with Crippen LogP contribution in [0.1, 0.15) is 44.5 Å². The third-order valence-electron chi connectivity index (χ3n) is 12.6. The highest BCUT2D eigenvalue weighted by Gasteiger charge is 2.52. The van der Waals surface area contributed by atoms with Crippen LogP contribution in [0.15, 0.2) is 194 Å². The van der Waals surface area contributed by atoms with Gasteiger partial charge in [-0.25, -0.2) is 0 Å². The van der Waals surface area contributed by atoms with Crippen molar-refractivity contribution in [2.45, 2.75) is 33.1 Å². The fourth-order valence-electron chi connectivity index (χ4n) is 10.1. The lowest BCUT2D eigenvalue weighted by Gasteiger charge is -2.32. The van der Waals surface area contributed by atoms with Gasteiger partial charge in [-0.15, -0.1) is 0 Å². The standard InChI is InChI=1S/C57H44N2/c1-37-13-9-17-43(29-37)58(44-18-10-14-38(2)30-44)47-26-25-41-34-52-51-28-27-48(59(45-19-11-15-39(3)31-45)46-20-12-16-40(4)32-46)36-56(51)57(55(52)35-42(41)33-47)53-23-7-5-21-49(53)50-22-6-8-24-54(50)57/h5-36H,1-4H3. The van der Waals surface area contributed by atoms with E-state index in [1.54, 1.807) is 0 Å². The highest BCUT2D eigenvalue weighted by atomic mass is 15.1. The van der Waals surface area contributed by atoms with Crippen molar-refractivity contribution in [2.75, 3.05) is 9.80 Å². The molecule has 0 saturated heterocycles. The lowest BCUT2D eigenvalue weighted by Crippen LogP contribution is -2.26. The zero-order chi connectivity index (χ0) is 39.8. The average Bonchev–Trinajstić information content (AvgIpc) is 3.70. The van der Waals surface area contributed by atoms with Gasteiger partial charge in [-0.2, -0.15) is 0 Å². The molecule has 0 amide bonds. The third kappa shape index (κ3) is 5.47. The Kier molecular flexibility index (Phi) is 8.00. The van der Waals surface area contributed by atoms with Crippen molar-refractivity contribution in [3.63, 3.8) is 0 Å². The van der Waals surface area contributed by atoms with E-state index in [9.17, 15) is 0 Å². The van der Waals surface area contributed by atoms with Gasteiger partial charge in [0, 0.05) is 34.1 Å². The molecule has 0 fully saturated rings. The Morgan fingerprint density at radius 1 is 0.271 bits per heavy atom. The van der Waals surface area contributed by atoms with Crippen LogP contribution < -0.4 is 9.80 Å². The normalized spacial score (nSPS) is 12.9. The summed E-state index contributed by atoms with van der Waals surface area (Å²) in [6.45, 7) is 8.69. The minimum Gasteiger partial charge on any atom is -0.310 e. The quantitative estimate of drug-likeness (QED) is 0.167. The van der Waals surface area contributed by atoms with E-state index in [1.165, 1.54) is 77.5 Å². The summed E-state index contributed by atoms with van der Waals surface area (Å²) in [5, 5.41) is 2.45. The van der Waals surface area contributed by atoms with Gasteiger partial charge >= 0.3 is 0 Å². The molecular formula is C57H44N2. The van der Waals surface area contributed by atoms with Crippen LogP contribution in [-0.4, -0.2) is 0 Å². The molecule has 9 aromatic rings. The van der Waals surface area contributed by atoms with Gasteiger partial charge in [0.25, 0.3) is 0 Å². The molecular weight excluding hydrogens is 713 g/mol. The van der Waals surface area contributed by atoms with Crippen LogP contribution in [0, 0.1) is 27.7 Å². The highest BCUT2D eigenvalue weighted by Crippen LogP contribution is 2.64. The Hall–Kier alpha value is -7.16. The number of rotatable bonds is 6. The van der Waals surface area contributed by atoms with Crippen molar-refractivity contribution in [1.29, 1.82) is 0 Å². The molecule has 2 aliphatic carbocycles. The van der Waals surface area contributed by atoms with Gasteiger partial charge in [0.1, 0.15) is 0 Å². The smallest absolute Gasteiger partial charge is 0.0726 e. The molecule has 11 rings (SSSR count). The Morgan fingerprint density at radius 2 is 0.678 bits per heavy atom. The Bertz CT molecular complexity index is 3000. The number of hydrogen-bond acceptors (Lipinski definition) is 2. The van der Waals surface area contributed by atoms with E-state index in [4.69, 9.17) is 0 Å². The summed E-state index contributed by atoms with van der Waals surface area (Å²) in [6.07, 6.45) is 0. The highest BCUT2D eigenvalue weighted by molar-refractivity contribution is 6.02. The van der Waals surface area contributed by atoms with E-state index in [-0.39, 0.29) is 0 Å². The number of benzene rings is 9. The summed E-state index contributed by atoms with van der Waals surface area (Å²) < 4.78 is 0. The SMILES string of the molecule is Cc1cccc(N(c2cccc(C)c2)c2ccc3c(c2)C2(c4ccccc4-c4ccccc42)c2cc4cc(N(c5cccc(C)c5)c5cccc(C)c5)ccc4cc2-3)c1. The Balaban J connectivity index is 1.17. The molecule has 1 spiro atoms. The minimum absolute atomic E-state index is 0.504. The van der Waals surface area contributed by atoms with Crippen LogP contribution in [0.5, 0.6) is 0 Å². The van der Waals surface area contributed by atoms with Gasteiger partial charge in [-0.1, -0.05) is 109 Å². The molecule has 9 aromatic carbocycles. The summed E-state index contributed by atoms with van der Waals surface area (Å²) in [5.41, 5.74) is 21.9. The van der Waals surface area contributed by atoms with Crippen LogP contribution >= 0.6 is 0 Å². The second-order valence-corrected chi connectivity index (χ2v) is 16.5. The second-order valence-electron chi connectivity index (χ2n) is 16.5. The van der Waals surface area contributed by atoms with Crippen LogP contribution in [-0.2, 0) is 5.41 Å². The molecule has 0 radical (unpaired) electrons. The van der Waals surface area contributed by atoms with E-state index < -0.39 is 5.41 Å². The molecule has 2 aliphatic rings. The molecule has 0 N–H and O–H groups in total. The van der Waals surface area contributed by atoms with Gasteiger partial charge in [-0.05, 0) is 190 Å². The number of anilines is 6. The van der Waals surface area contributed by atoms with E-state index in [1.807, 2.05) is 0 Å². The Labute approximate surface area is 347 Å². The molecule has 282 valence electrons. The van der Waals surface area contributed by atoms with E-state index in [0.717, 1.165) is 34.1 Å². The van der Waals surface area contributed by atoms with E-state index in [2.05, 4.69) is 232 Å². The topological polar surface area (TPSA) is 6.48 Å². The largest absolute Gasteiger partial charge is 0.310 e. The molecule has 0 heterocycles. The molecule has 0 unspecified atom stereocenters. The number of nitrogens with zero attached hydrogens (tertiary/aromatic N) is 2. The summed E-state index contributed by atoms with van der Waals surface area (Å²) in [5.74, 6) is 0. The van der Waals surface area contributed by atoms with Crippen LogP contribution in [0.2, 0.25) is 0 Å². The molecule has 0 saturated carbocycles. The van der Waals surface area contributed by atoms with Crippen LogP contribution in [0.4, 0.5) is 34.1 Å². The maximum atomic E-state index is 2.51. The van der Waals surface area contributed by atoms with E-state index >= 15 is 0 Å². The van der Waals surface area contributed by atoms with Crippen molar-refractivity contribution >= 4 is 44.9 Å². The molecule has 2 nitrogen and oxygen atoms in total. The van der Waals surface area contributed by atoms with Crippen molar-refractivity contribution in [3.05, 3.63) is 239 Å². The lowest BCUT2D eigenvalue weighted by atomic mass is 9.70. The fourth-order valence-corrected chi connectivity index (χ4v) is 10.1. The maximum absolute atomic E-state index is 2.51. The first-order chi connectivity index (χ1) is 28.9. The maximum Gasteiger partial charge on any atom is 0.0726 e. The predicted octanol–water partition coefficient (Wildman–Crippen LogP) is 15.4. The summed E-state index contributed by atoms with van der Waals surface area (Å²) >= 11 is 0. The molecule has 0 atom stereocenters. The van der Waals surface area contributed by atoms with Crippen LogP contribution in [0.25, 0.3) is 33.0 Å². The zero-order valence-electron chi connectivity index (χ0n) is 33.9. The number of aryl methyl sites for hydroxylation is 4. The van der Waals surface area contributed by atoms with Crippen LogP contribution in [0.3, 0.4) is 0 Å². The molecule has 2 heteroatoms. The summed E-state index contributed by atoms with van der Waals surface area (Å²) in [6, 6.07) is 72.8. The average molecular weight is 757 g/mol. The van der Waals surface area contributed by atoms with Gasteiger partial charge in [0.15, 0.2) is 0 Å².